The molecule has 0 spiro atoms. The maximum atomic E-state index is 12.2. The highest BCUT2D eigenvalue weighted by Crippen LogP contribution is 2.31. The minimum absolute atomic E-state index is 0.225. The molecule has 0 aliphatic carbocycles. The van der Waals surface area contributed by atoms with Crippen molar-refractivity contribution in [3.63, 3.8) is 0 Å². The lowest BCUT2D eigenvalue weighted by Gasteiger charge is -2.13. The average molecular weight is 264 g/mol. The molecule has 0 N–H and O–H groups in total. The smallest absolute Gasteiger partial charge is 0.101 e. The molecule has 0 saturated heterocycles. The second-order valence-electron chi connectivity index (χ2n) is 3.98. The summed E-state index contributed by atoms with van der Waals surface area (Å²) in [6.45, 7) is 0. The van der Waals surface area contributed by atoms with E-state index in [0.29, 0.717) is 22.2 Å². The number of nitriles is 2. The second kappa shape index (κ2) is 4.16. The molecule has 0 unspecified atom stereocenters. The molecule has 1 aromatic carbocycles. The topological polar surface area (TPSA) is 75.6 Å². The van der Waals surface area contributed by atoms with E-state index in [1.165, 1.54) is 17.4 Å². The van der Waals surface area contributed by atoms with Crippen LogP contribution in [0.3, 0.4) is 0 Å². The Labute approximate surface area is 112 Å². The van der Waals surface area contributed by atoms with Crippen molar-refractivity contribution >= 4 is 22.2 Å². The van der Waals surface area contributed by atoms with Gasteiger partial charge in [-0.1, -0.05) is 6.07 Å². The molecule has 0 bridgehead atoms. The van der Waals surface area contributed by atoms with Crippen LogP contribution in [0.2, 0.25) is 0 Å². The second-order valence-corrected chi connectivity index (χ2v) is 4.93. The van der Waals surface area contributed by atoms with Crippen molar-refractivity contribution in [1.82, 2.24) is 4.73 Å². The molecule has 0 amide bonds. The van der Waals surface area contributed by atoms with Gasteiger partial charge in [-0.2, -0.15) is 10.5 Å². The van der Waals surface area contributed by atoms with Gasteiger partial charge in [0.1, 0.15) is 12.1 Å². The summed E-state index contributed by atoms with van der Waals surface area (Å²) in [5, 5.41) is 32.8. The number of hydrogen-bond acceptors (Lipinski definition) is 4. The Morgan fingerprint density at radius 1 is 1.11 bits per heavy atom. The third-order valence-corrected chi connectivity index (χ3v) is 3.80. The van der Waals surface area contributed by atoms with E-state index in [-0.39, 0.29) is 5.56 Å². The van der Waals surface area contributed by atoms with Crippen LogP contribution < -0.4 is 0 Å². The predicted molar refractivity (Wildman–Crippen MR) is 73.4 cm³/mol. The highest BCUT2D eigenvalue weighted by molar-refractivity contribution is 7.13. The number of nitrogens with zero attached hydrogens (tertiary/aromatic N) is 3. The fourth-order valence-corrected chi connectivity index (χ4v) is 2.74. The summed E-state index contributed by atoms with van der Waals surface area (Å²) >= 11 is 1.47. The van der Waals surface area contributed by atoms with Gasteiger partial charge >= 0.3 is 0 Å². The largest absolute Gasteiger partial charge is 0.805 e. The van der Waals surface area contributed by atoms with Crippen LogP contribution in [-0.2, 0) is 0 Å². The van der Waals surface area contributed by atoms with E-state index in [2.05, 4.69) is 0 Å². The average Bonchev–Trinajstić information content (AvgIpc) is 3.05. The molecule has 2 aromatic heterocycles. The third kappa shape index (κ3) is 1.65. The number of rotatable bonds is 1. The Morgan fingerprint density at radius 2 is 1.84 bits per heavy atom. The maximum Gasteiger partial charge on any atom is 0.101 e. The monoisotopic (exact) mass is 264 g/mol. The molecule has 0 aliphatic heterocycles. The summed E-state index contributed by atoms with van der Waals surface area (Å²) in [6, 6.07) is 12.4. The van der Waals surface area contributed by atoms with E-state index in [1.54, 1.807) is 12.1 Å². The van der Waals surface area contributed by atoms with E-state index < -0.39 is 0 Å². The Balaban J connectivity index is 2.34. The van der Waals surface area contributed by atoms with Crippen molar-refractivity contribution in [1.29, 1.82) is 10.5 Å². The minimum Gasteiger partial charge on any atom is -0.805 e. The molecular formula is C14H6N3OS-. The fraction of sp³-hybridized carbons (Fsp3) is 0. The molecule has 4 nitrogen and oxygen atoms in total. The van der Waals surface area contributed by atoms with Crippen molar-refractivity contribution in [2.75, 3.05) is 0 Å². The lowest BCUT2D eigenvalue weighted by Crippen LogP contribution is -1.89. The summed E-state index contributed by atoms with van der Waals surface area (Å²) in [4.78, 5) is 0.864. The first kappa shape index (κ1) is 11.3. The lowest BCUT2D eigenvalue weighted by atomic mass is 10.1. The molecule has 0 radical (unpaired) electrons. The van der Waals surface area contributed by atoms with Crippen LogP contribution in [-0.4, -0.2) is 4.73 Å². The third-order valence-electron chi connectivity index (χ3n) is 2.91. The number of fused-ring (bicyclic) bond motifs is 1. The quantitative estimate of drug-likeness (QED) is 0.675. The molecule has 19 heavy (non-hydrogen) atoms. The first-order chi connectivity index (χ1) is 9.24. The summed E-state index contributed by atoms with van der Waals surface area (Å²) in [5.74, 6) is 0. The van der Waals surface area contributed by atoms with Crippen LogP contribution >= 0.6 is 11.3 Å². The van der Waals surface area contributed by atoms with Gasteiger partial charge < -0.3 is 9.94 Å². The Kier molecular flexibility index (Phi) is 2.49. The van der Waals surface area contributed by atoms with Gasteiger partial charge in [-0.3, -0.25) is 0 Å². The first-order valence-electron chi connectivity index (χ1n) is 5.45. The van der Waals surface area contributed by atoms with Gasteiger partial charge in [-0.25, -0.2) is 0 Å². The number of thiophene rings is 1. The number of aromatic nitrogens is 1. The Bertz CT molecular complexity index is 848. The van der Waals surface area contributed by atoms with Gasteiger partial charge in [0.25, 0.3) is 0 Å². The molecular weight excluding hydrogens is 258 g/mol. The normalized spacial score (nSPS) is 10.2. The van der Waals surface area contributed by atoms with Gasteiger partial charge in [0.2, 0.25) is 0 Å². The zero-order valence-electron chi connectivity index (χ0n) is 9.62. The first-order valence-corrected chi connectivity index (χ1v) is 6.33. The molecule has 3 rings (SSSR count). The van der Waals surface area contributed by atoms with Crippen molar-refractivity contribution in [3.05, 3.63) is 52.0 Å². The van der Waals surface area contributed by atoms with E-state index >= 15 is 0 Å². The zero-order chi connectivity index (χ0) is 13.4. The molecule has 0 saturated carbocycles. The van der Waals surface area contributed by atoms with Crippen molar-refractivity contribution in [2.24, 2.45) is 0 Å². The summed E-state index contributed by atoms with van der Waals surface area (Å²) in [7, 11) is 0. The maximum absolute atomic E-state index is 12.2. The van der Waals surface area contributed by atoms with E-state index in [0.717, 1.165) is 9.61 Å². The van der Waals surface area contributed by atoms with Gasteiger partial charge in [0.05, 0.1) is 21.7 Å². The molecule has 3 aromatic rings. The number of hydrogen-bond donors (Lipinski definition) is 0. The van der Waals surface area contributed by atoms with Gasteiger partial charge in [-0.05, 0) is 29.6 Å². The molecule has 2 heterocycles. The van der Waals surface area contributed by atoms with Crippen LogP contribution in [0.4, 0.5) is 0 Å². The van der Waals surface area contributed by atoms with Crippen molar-refractivity contribution in [2.45, 2.75) is 0 Å². The van der Waals surface area contributed by atoms with Gasteiger partial charge in [-0.15, -0.1) is 11.3 Å². The van der Waals surface area contributed by atoms with Crippen LogP contribution in [0.25, 0.3) is 21.5 Å². The van der Waals surface area contributed by atoms with E-state index in [1.807, 2.05) is 29.7 Å². The predicted octanol–water partition coefficient (Wildman–Crippen LogP) is 3.46. The highest BCUT2D eigenvalue weighted by atomic mass is 32.1. The summed E-state index contributed by atoms with van der Waals surface area (Å²) in [5.41, 5.74) is 1.48. The molecule has 0 aliphatic rings. The van der Waals surface area contributed by atoms with Crippen LogP contribution in [0.1, 0.15) is 11.1 Å². The zero-order valence-corrected chi connectivity index (χ0v) is 10.4. The minimum atomic E-state index is 0.225. The van der Waals surface area contributed by atoms with Crippen LogP contribution in [0, 0.1) is 27.9 Å². The lowest BCUT2D eigenvalue weighted by molar-refractivity contribution is 1.17. The van der Waals surface area contributed by atoms with Gasteiger partial charge in [0, 0.05) is 10.9 Å². The fourth-order valence-electron chi connectivity index (χ4n) is 2.01. The van der Waals surface area contributed by atoms with E-state index in [9.17, 15) is 5.21 Å². The van der Waals surface area contributed by atoms with E-state index in [4.69, 9.17) is 10.5 Å². The molecule has 90 valence electrons. The summed E-state index contributed by atoms with van der Waals surface area (Å²) < 4.78 is 0.809. The van der Waals surface area contributed by atoms with Crippen LogP contribution in [0.5, 0.6) is 0 Å². The number of benzene rings is 1. The van der Waals surface area contributed by atoms with Crippen LogP contribution in [0.15, 0.2) is 35.7 Å². The summed E-state index contributed by atoms with van der Waals surface area (Å²) in [6.07, 6.45) is 0. The van der Waals surface area contributed by atoms with Gasteiger partial charge in [0.15, 0.2) is 0 Å². The molecule has 0 atom stereocenters. The standard InChI is InChI=1S/C14H6N3OS/c15-7-10-4-9-5-13(14-2-1-3-19-14)17(18)12(9)6-11(10)8-16/h1-6H/q-1. The molecule has 0 fully saturated rings. The Hall–Kier alpha value is -2.76. The van der Waals surface area contributed by atoms with Crippen molar-refractivity contribution in [3.8, 4) is 22.7 Å². The Morgan fingerprint density at radius 3 is 2.47 bits per heavy atom. The highest BCUT2D eigenvalue weighted by Gasteiger charge is 2.10. The van der Waals surface area contributed by atoms with Crippen molar-refractivity contribution < 1.29 is 0 Å². The molecule has 5 heteroatoms. The SMILES string of the molecule is N#Cc1cc2cc(-c3cccs3)n([O-])c2cc1C#N.